The quantitative estimate of drug-likeness (QED) is 0.518. The van der Waals surface area contributed by atoms with Gasteiger partial charge in [0.15, 0.2) is 17.3 Å². The molecule has 0 saturated carbocycles. The molecule has 2 aromatic carbocycles. The summed E-state index contributed by atoms with van der Waals surface area (Å²) in [6.07, 6.45) is -0.0366. The Morgan fingerprint density at radius 1 is 1.04 bits per heavy atom. The van der Waals surface area contributed by atoms with Crippen LogP contribution in [0.25, 0.3) is 0 Å². The molecule has 0 saturated heterocycles. The van der Waals surface area contributed by atoms with Crippen LogP contribution in [0.5, 0.6) is 11.5 Å². The average molecular weight is 423 g/mol. The standard InChI is InChI=1S/C19H16BrFO5/c20-15-10-18-17(24-7-8-25-18)9-13(15)11-26-19(23)6-5-16(22)12-1-3-14(21)4-2-12/h1-4,9-10H,5-8,11H2. The Balaban J connectivity index is 1.51. The average Bonchev–Trinajstić information content (AvgIpc) is 2.65. The Bertz CT molecular complexity index is 819. The highest BCUT2D eigenvalue weighted by molar-refractivity contribution is 9.10. The lowest BCUT2D eigenvalue weighted by molar-refractivity contribution is -0.144. The van der Waals surface area contributed by atoms with Crippen LogP contribution in [0.3, 0.4) is 0 Å². The molecular formula is C19H16BrFO5. The van der Waals surface area contributed by atoms with E-state index >= 15 is 0 Å². The molecule has 2 aromatic rings. The molecule has 0 fully saturated rings. The Morgan fingerprint density at radius 3 is 2.38 bits per heavy atom. The molecule has 1 heterocycles. The normalized spacial score (nSPS) is 12.5. The number of ether oxygens (including phenoxy) is 3. The summed E-state index contributed by atoms with van der Waals surface area (Å²) in [7, 11) is 0. The maximum Gasteiger partial charge on any atom is 0.306 e. The minimum Gasteiger partial charge on any atom is -0.486 e. The van der Waals surface area contributed by atoms with Crippen LogP contribution in [-0.4, -0.2) is 25.0 Å². The van der Waals surface area contributed by atoms with E-state index in [-0.39, 0.29) is 25.2 Å². The first-order valence-corrected chi connectivity index (χ1v) is 8.84. The van der Waals surface area contributed by atoms with Crippen molar-refractivity contribution in [1.82, 2.24) is 0 Å². The van der Waals surface area contributed by atoms with Gasteiger partial charge in [0, 0.05) is 22.0 Å². The first-order chi connectivity index (χ1) is 12.5. The van der Waals surface area contributed by atoms with Crippen LogP contribution in [0.2, 0.25) is 0 Å². The van der Waals surface area contributed by atoms with Crippen LogP contribution in [0.15, 0.2) is 40.9 Å². The van der Waals surface area contributed by atoms with E-state index in [9.17, 15) is 14.0 Å². The molecule has 136 valence electrons. The predicted molar refractivity (Wildman–Crippen MR) is 94.9 cm³/mol. The summed E-state index contributed by atoms with van der Waals surface area (Å²) in [6.45, 7) is 1.02. The highest BCUT2D eigenvalue weighted by Gasteiger charge is 2.16. The van der Waals surface area contributed by atoms with Crippen molar-refractivity contribution in [1.29, 1.82) is 0 Å². The summed E-state index contributed by atoms with van der Waals surface area (Å²) in [6, 6.07) is 8.76. The van der Waals surface area contributed by atoms with Gasteiger partial charge < -0.3 is 14.2 Å². The topological polar surface area (TPSA) is 61.8 Å². The van der Waals surface area contributed by atoms with Crippen LogP contribution >= 0.6 is 15.9 Å². The lowest BCUT2D eigenvalue weighted by Gasteiger charge is -2.19. The number of esters is 1. The fourth-order valence-electron chi connectivity index (χ4n) is 2.44. The first kappa shape index (κ1) is 18.4. The van der Waals surface area contributed by atoms with Gasteiger partial charge in [0.25, 0.3) is 0 Å². The number of rotatable bonds is 6. The van der Waals surface area contributed by atoms with Crippen LogP contribution in [0.4, 0.5) is 4.39 Å². The molecule has 5 nitrogen and oxygen atoms in total. The molecule has 7 heteroatoms. The molecule has 1 aliphatic heterocycles. The van der Waals surface area contributed by atoms with Gasteiger partial charge in [0.05, 0.1) is 6.42 Å². The number of benzene rings is 2. The molecule has 0 atom stereocenters. The van der Waals surface area contributed by atoms with Crippen molar-refractivity contribution < 1.29 is 28.2 Å². The van der Waals surface area contributed by atoms with E-state index in [1.54, 1.807) is 12.1 Å². The van der Waals surface area contributed by atoms with Crippen molar-refractivity contribution in [2.75, 3.05) is 13.2 Å². The summed E-state index contributed by atoms with van der Waals surface area (Å²) < 4.78 is 29.8. The zero-order valence-corrected chi connectivity index (χ0v) is 15.4. The lowest BCUT2D eigenvalue weighted by atomic mass is 10.1. The number of carbonyl (C=O) groups excluding carboxylic acids is 2. The van der Waals surface area contributed by atoms with Gasteiger partial charge in [0.1, 0.15) is 25.6 Å². The summed E-state index contributed by atoms with van der Waals surface area (Å²) in [5, 5.41) is 0. The van der Waals surface area contributed by atoms with Crippen LogP contribution in [0, 0.1) is 5.82 Å². The third-order valence-corrected chi connectivity index (χ3v) is 4.56. The zero-order valence-electron chi connectivity index (χ0n) is 13.8. The van der Waals surface area contributed by atoms with Crippen LogP contribution in [0.1, 0.15) is 28.8 Å². The van der Waals surface area contributed by atoms with Crippen molar-refractivity contribution in [2.24, 2.45) is 0 Å². The molecule has 0 unspecified atom stereocenters. The number of fused-ring (bicyclic) bond motifs is 1. The van der Waals surface area contributed by atoms with E-state index in [1.165, 1.54) is 24.3 Å². The summed E-state index contributed by atoms with van der Waals surface area (Å²) >= 11 is 3.41. The van der Waals surface area contributed by atoms with Crippen molar-refractivity contribution >= 4 is 27.7 Å². The van der Waals surface area contributed by atoms with Crippen molar-refractivity contribution in [3.8, 4) is 11.5 Å². The molecule has 0 aromatic heterocycles. The van der Waals surface area contributed by atoms with Crippen molar-refractivity contribution in [2.45, 2.75) is 19.4 Å². The maximum atomic E-state index is 12.9. The van der Waals surface area contributed by atoms with Crippen LogP contribution in [-0.2, 0) is 16.1 Å². The number of hydrogen-bond donors (Lipinski definition) is 0. The largest absolute Gasteiger partial charge is 0.486 e. The predicted octanol–water partition coefficient (Wildman–Crippen LogP) is 4.07. The zero-order chi connectivity index (χ0) is 18.5. The second-order valence-corrected chi connectivity index (χ2v) is 6.53. The molecule has 0 radical (unpaired) electrons. The van der Waals surface area contributed by atoms with E-state index in [4.69, 9.17) is 14.2 Å². The van der Waals surface area contributed by atoms with Crippen molar-refractivity contribution in [3.63, 3.8) is 0 Å². The minimum absolute atomic E-state index is 0.00672. The molecule has 0 amide bonds. The third-order valence-electron chi connectivity index (χ3n) is 3.82. The third kappa shape index (κ3) is 4.60. The van der Waals surface area contributed by atoms with Gasteiger partial charge in [-0.25, -0.2) is 4.39 Å². The monoisotopic (exact) mass is 422 g/mol. The van der Waals surface area contributed by atoms with E-state index in [1.807, 2.05) is 0 Å². The van der Waals surface area contributed by atoms with Gasteiger partial charge >= 0.3 is 5.97 Å². The fourth-order valence-corrected chi connectivity index (χ4v) is 2.88. The van der Waals surface area contributed by atoms with E-state index in [2.05, 4.69) is 15.9 Å². The van der Waals surface area contributed by atoms with Gasteiger partial charge in [-0.05, 0) is 36.4 Å². The van der Waals surface area contributed by atoms with Gasteiger partial charge in [-0.15, -0.1) is 0 Å². The molecule has 0 N–H and O–H groups in total. The van der Waals surface area contributed by atoms with E-state index in [0.29, 0.717) is 30.3 Å². The molecule has 0 spiro atoms. The second-order valence-electron chi connectivity index (χ2n) is 5.68. The Kier molecular flexibility index (Phi) is 5.88. The fraction of sp³-hybridized carbons (Fsp3) is 0.263. The van der Waals surface area contributed by atoms with Crippen LogP contribution < -0.4 is 9.47 Å². The lowest BCUT2D eigenvalue weighted by Crippen LogP contribution is -2.16. The first-order valence-electron chi connectivity index (χ1n) is 8.05. The van der Waals surface area contributed by atoms with E-state index < -0.39 is 11.8 Å². The Morgan fingerprint density at radius 2 is 1.69 bits per heavy atom. The Hall–Kier alpha value is -2.41. The van der Waals surface area contributed by atoms with Gasteiger partial charge in [0.2, 0.25) is 0 Å². The molecule has 3 rings (SSSR count). The highest BCUT2D eigenvalue weighted by atomic mass is 79.9. The molecule has 0 aliphatic carbocycles. The maximum absolute atomic E-state index is 12.9. The summed E-state index contributed by atoms with van der Waals surface area (Å²) in [5.41, 5.74) is 1.11. The smallest absolute Gasteiger partial charge is 0.306 e. The van der Waals surface area contributed by atoms with Crippen molar-refractivity contribution in [3.05, 3.63) is 57.8 Å². The minimum atomic E-state index is -0.484. The molecule has 26 heavy (non-hydrogen) atoms. The molecule has 0 bridgehead atoms. The Labute approximate surface area is 158 Å². The second kappa shape index (κ2) is 8.31. The molecular weight excluding hydrogens is 407 g/mol. The summed E-state index contributed by atoms with van der Waals surface area (Å²) in [4.78, 5) is 23.9. The number of carbonyl (C=O) groups is 2. The van der Waals surface area contributed by atoms with Gasteiger partial charge in [-0.2, -0.15) is 0 Å². The number of halogens is 2. The number of ketones is 1. The van der Waals surface area contributed by atoms with Gasteiger partial charge in [-0.1, -0.05) is 15.9 Å². The summed E-state index contributed by atoms with van der Waals surface area (Å²) in [5.74, 6) is 0.121. The molecule has 1 aliphatic rings. The number of hydrogen-bond acceptors (Lipinski definition) is 5. The van der Waals surface area contributed by atoms with E-state index in [0.717, 1.165) is 10.0 Å². The van der Waals surface area contributed by atoms with Gasteiger partial charge in [-0.3, -0.25) is 9.59 Å². The SMILES string of the molecule is O=C(CCC(=O)c1ccc(F)cc1)OCc1cc2c(cc1Br)OCCO2. The number of Topliss-reactive ketones (excluding diaryl/α,β-unsaturated/α-hetero) is 1. The highest BCUT2D eigenvalue weighted by Crippen LogP contribution is 2.35.